The molecule has 1 aromatic carbocycles. The van der Waals surface area contributed by atoms with E-state index in [1.54, 1.807) is 11.8 Å². The van der Waals surface area contributed by atoms with Crippen molar-refractivity contribution < 1.29 is 14.5 Å². The van der Waals surface area contributed by atoms with Crippen LogP contribution < -0.4 is 15.5 Å². The first-order valence-electron chi connectivity index (χ1n) is 7.41. The second-order valence-corrected chi connectivity index (χ2v) is 6.54. The van der Waals surface area contributed by atoms with Gasteiger partial charge in [-0.05, 0) is 32.2 Å². The lowest BCUT2D eigenvalue weighted by Crippen LogP contribution is -3.08. The van der Waals surface area contributed by atoms with Crippen LogP contribution in [0.4, 0.5) is 0 Å². The van der Waals surface area contributed by atoms with E-state index < -0.39 is 0 Å². The summed E-state index contributed by atoms with van der Waals surface area (Å²) in [6.07, 6.45) is 2.05. The van der Waals surface area contributed by atoms with Crippen LogP contribution in [0.1, 0.15) is 19.4 Å². The zero-order valence-corrected chi connectivity index (χ0v) is 14.5. The van der Waals surface area contributed by atoms with E-state index in [0.717, 1.165) is 11.4 Å². The van der Waals surface area contributed by atoms with Crippen molar-refractivity contribution in [2.75, 3.05) is 26.4 Å². The van der Waals surface area contributed by atoms with Gasteiger partial charge in [0.05, 0.1) is 13.6 Å². The molecular weight excluding hydrogens is 298 g/mol. The molecule has 3 N–H and O–H groups in total. The summed E-state index contributed by atoms with van der Waals surface area (Å²) in [5, 5.41) is 5.39. The molecule has 0 aliphatic heterocycles. The zero-order valence-electron chi connectivity index (χ0n) is 13.7. The Morgan fingerprint density at radius 3 is 2.36 bits per heavy atom. The largest absolute Gasteiger partial charge is 0.352 e. The van der Waals surface area contributed by atoms with E-state index in [9.17, 15) is 9.59 Å². The Labute approximate surface area is 136 Å². The SMILES string of the molecule is CSc1ccc(C[NH+](C)CC(=O)NCC(=O)NC(C)C)cc1. The molecule has 0 spiro atoms. The number of nitrogens with one attached hydrogen (secondary N) is 3. The van der Waals surface area contributed by atoms with Gasteiger partial charge in [0.2, 0.25) is 5.91 Å². The number of likely N-dealkylation sites (N-methyl/N-ethyl adjacent to an activating group) is 1. The van der Waals surface area contributed by atoms with Gasteiger partial charge >= 0.3 is 0 Å². The highest BCUT2D eigenvalue weighted by Gasteiger charge is 2.12. The fourth-order valence-electron chi connectivity index (χ4n) is 2.04. The van der Waals surface area contributed by atoms with Crippen molar-refractivity contribution in [1.82, 2.24) is 10.6 Å². The first-order valence-corrected chi connectivity index (χ1v) is 8.63. The molecule has 0 aliphatic rings. The molecular formula is C16H26N3O2S+. The van der Waals surface area contributed by atoms with Gasteiger partial charge in [-0.25, -0.2) is 0 Å². The summed E-state index contributed by atoms with van der Waals surface area (Å²) >= 11 is 1.71. The lowest BCUT2D eigenvalue weighted by molar-refractivity contribution is -0.885. The topological polar surface area (TPSA) is 62.6 Å². The van der Waals surface area contributed by atoms with Gasteiger partial charge in [-0.15, -0.1) is 11.8 Å². The Kier molecular flexibility index (Phi) is 7.98. The molecule has 0 fully saturated rings. The van der Waals surface area contributed by atoms with E-state index in [-0.39, 0.29) is 24.4 Å². The third kappa shape index (κ3) is 7.47. The lowest BCUT2D eigenvalue weighted by Gasteiger charge is -2.14. The van der Waals surface area contributed by atoms with Gasteiger partial charge in [-0.2, -0.15) is 0 Å². The molecule has 6 heteroatoms. The molecule has 0 bridgehead atoms. The highest BCUT2D eigenvalue weighted by molar-refractivity contribution is 7.98. The average molecular weight is 324 g/mol. The van der Waals surface area contributed by atoms with Gasteiger partial charge in [-0.3, -0.25) is 9.59 Å². The van der Waals surface area contributed by atoms with Crippen LogP contribution >= 0.6 is 11.8 Å². The number of thioether (sulfide) groups is 1. The number of rotatable bonds is 8. The van der Waals surface area contributed by atoms with Crippen molar-refractivity contribution >= 4 is 23.6 Å². The number of carbonyl (C=O) groups excluding carboxylic acids is 2. The van der Waals surface area contributed by atoms with Crippen LogP contribution in [0.3, 0.4) is 0 Å². The Hall–Kier alpha value is -1.53. The van der Waals surface area contributed by atoms with E-state index in [1.165, 1.54) is 10.5 Å². The third-order valence-electron chi connectivity index (χ3n) is 3.02. The number of hydrogen-bond acceptors (Lipinski definition) is 3. The highest BCUT2D eigenvalue weighted by atomic mass is 32.2. The normalized spacial score (nSPS) is 12.0. The minimum Gasteiger partial charge on any atom is -0.352 e. The maximum Gasteiger partial charge on any atom is 0.275 e. The maximum absolute atomic E-state index is 11.8. The Bertz CT molecular complexity index is 489. The van der Waals surface area contributed by atoms with E-state index in [1.807, 2.05) is 27.2 Å². The van der Waals surface area contributed by atoms with Crippen LogP contribution in [0.15, 0.2) is 29.2 Å². The first-order chi connectivity index (χ1) is 10.4. The summed E-state index contributed by atoms with van der Waals surface area (Å²) < 4.78 is 0. The second-order valence-electron chi connectivity index (χ2n) is 5.66. The van der Waals surface area contributed by atoms with Crippen molar-refractivity contribution in [3.8, 4) is 0 Å². The summed E-state index contributed by atoms with van der Waals surface area (Å²) in [7, 11) is 1.97. The molecule has 0 aliphatic carbocycles. The molecule has 122 valence electrons. The van der Waals surface area contributed by atoms with Gasteiger partial charge in [0.25, 0.3) is 5.91 Å². The van der Waals surface area contributed by atoms with Crippen molar-refractivity contribution in [2.45, 2.75) is 31.3 Å². The van der Waals surface area contributed by atoms with Crippen molar-refractivity contribution in [3.63, 3.8) is 0 Å². The monoisotopic (exact) mass is 324 g/mol. The van der Waals surface area contributed by atoms with Gasteiger partial charge in [0.15, 0.2) is 6.54 Å². The van der Waals surface area contributed by atoms with E-state index in [4.69, 9.17) is 0 Å². The standard InChI is InChI=1S/C16H25N3O2S/c1-12(2)18-15(20)9-17-16(21)11-19(3)10-13-5-7-14(22-4)8-6-13/h5-8,12H,9-11H2,1-4H3,(H,17,21)(H,18,20)/p+1. The molecule has 0 saturated carbocycles. The van der Waals surface area contributed by atoms with Gasteiger partial charge in [0.1, 0.15) is 6.54 Å². The van der Waals surface area contributed by atoms with Gasteiger partial charge in [0, 0.05) is 16.5 Å². The summed E-state index contributed by atoms with van der Waals surface area (Å²) in [6.45, 7) is 4.94. The Balaban J connectivity index is 2.32. The molecule has 22 heavy (non-hydrogen) atoms. The summed E-state index contributed by atoms with van der Waals surface area (Å²) in [5.74, 6) is -0.272. The minimum absolute atomic E-state index is 0.0344. The number of benzene rings is 1. The lowest BCUT2D eigenvalue weighted by atomic mass is 10.2. The Morgan fingerprint density at radius 1 is 1.18 bits per heavy atom. The molecule has 0 saturated heterocycles. The number of quaternary nitrogens is 1. The molecule has 1 aromatic rings. The van der Waals surface area contributed by atoms with E-state index in [0.29, 0.717) is 6.54 Å². The molecule has 1 rings (SSSR count). The van der Waals surface area contributed by atoms with Crippen molar-refractivity contribution in [2.24, 2.45) is 0 Å². The fourth-order valence-corrected chi connectivity index (χ4v) is 2.45. The van der Waals surface area contributed by atoms with Gasteiger partial charge < -0.3 is 15.5 Å². The molecule has 0 radical (unpaired) electrons. The van der Waals surface area contributed by atoms with Crippen LogP contribution in [0, 0.1) is 0 Å². The second kappa shape index (κ2) is 9.48. The maximum atomic E-state index is 11.8. The first kappa shape index (κ1) is 18.5. The highest BCUT2D eigenvalue weighted by Crippen LogP contribution is 2.14. The van der Waals surface area contributed by atoms with Crippen LogP contribution in [0.5, 0.6) is 0 Å². The fraction of sp³-hybridized carbons (Fsp3) is 0.500. The Morgan fingerprint density at radius 2 is 1.82 bits per heavy atom. The van der Waals surface area contributed by atoms with Crippen LogP contribution in [0.2, 0.25) is 0 Å². The van der Waals surface area contributed by atoms with Crippen LogP contribution in [-0.4, -0.2) is 44.2 Å². The van der Waals surface area contributed by atoms with E-state index >= 15 is 0 Å². The summed E-state index contributed by atoms with van der Waals surface area (Å²) in [6, 6.07) is 8.43. The van der Waals surface area contributed by atoms with Crippen LogP contribution in [0.25, 0.3) is 0 Å². The molecule has 0 heterocycles. The number of carbonyl (C=O) groups is 2. The zero-order chi connectivity index (χ0) is 16.5. The molecule has 5 nitrogen and oxygen atoms in total. The molecule has 2 amide bonds. The van der Waals surface area contributed by atoms with Crippen LogP contribution in [-0.2, 0) is 16.1 Å². The molecule has 1 atom stereocenters. The number of amides is 2. The van der Waals surface area contributed by atoms with E-state index in [2.05, 4.69) is 34.9 Å². The predicted octanol–water partition coefficient (Wildman–Crippen LogP) is 0.0640. The smallest absolute Gasteiger partial charge is 0.275 e. The number of hydrogen-bond donors (Lipinski definition) is 3. The average Bonchev–Trinajstić information content (AvgIpc) is 2.45. The predicted molar refractivity (Wildman–Crippen MR) is 90.0 cm³/mol. The summed E-state index contributed by atoms with van der Waals surface area (Å²) in [5.41, 5.74) is 1.20. The minimum atomic E-state index is -0.159. The van der Waals surface area contributed by atoms with Crippen molar-refractivity contribution in [3.05, 3.63) is 29.8 Å². The third-order valence-corrected chi connectivity index (χ3v) is 3.77. The quantitative estimate of drug-likeness (QED) is 0.593. The summed E-state index contributed by atoms with van der Waals surface area (Å²) in [4.78, 5) is 25.6. The van der Waals surface area contributed by atoms with Crippen molar-refractivity contribution in [1.29, 1.82) is 0 Å². The van der Waals surface area contributed by atoms with Gasteiger partial charge in [-0.1, -0.05) is 12.1 Å². The molecule has 1 unspecified atom stereocenters. The molecule has 0 aromatic heterocycles.